The molecule has 6 heteroatoms. The smallest absolute Gasteiger partial charge is 0.227 e. The highest BCUT2D eigenvalue weighted by atomic mass is 35.5. The maximum absolute atomic E-state index is 12.6. The SMILES string of the molecule is CCC(CC)(CN)C(=O)NC(C)c1ccc2c(c1)CCC(=O)N2.Cl. The molecule has 0 spiro atoms. The van der Waals surface area contributed by atoms with Gasteiger partial charge in [0.05, 0.1) is 11.5 Å². The quantitative estimate of drug-likeness (QED) is 0.735. The second-order valence-corrected chi connectivity index (χ2v) is 6.35. The van der Waals surface area contributed by atoms with Gasteiger partial charge in [0.15, 0.2) is 0 Å². The Kier molecular flexibility index (Phi) is 7.24. The van der Waals surface area contributed by atoms with E-state index in [0.717, 1.165) is 36.1 Å². The van der Waals surface area contributed by atoms with E-state index in [4.69, 9.17) is 5.73 Å². The number of hydrogen-bond acceptors (Lipinski definition) is 3. The van der Waals surface area contributed by atoms with Gasteiger partial charge in [-0.15, -0.1) is 12.4 Å². The summed E-state index contributed by atoms with van der Waals surface area (Å²) in [6.07, 6.45) is 2.72. The molecule has 0 fully saturated rings. The van der Waals surface area contributed by atoms with Gasteiger partial charge >= 0.3 is 0 Å². The van der Waals surface area contributed by atoms with Crippen LogP contribution in [0, 0.1) is 5.41 Å². The Morgan fingerprint density at radius 2 is 2.00 bits per heavy atom. The Hall–Kier alpha value is -1.59. The standard InChI is InChI=1S/C18H27N3O2.ClH/c1-4-18(5-2,11-19)17(23)20-12(3)13-6-8-15-14(10-13)7-9-16(22)21-15;/h6,8,10,12H,4-5,7,9,11,19H2,1-3H3,(H,20,23)(H,21,22);1H. The normalized spacial score (nSPS) is 14.9. The van der Waals surface area contributed by atoms with Crippen LogP contribution in [0.2, 0.25) is 0 Å². The molecule has 0 aromatic heterocycles. The van der Waals surface area contributed by atoms with Crippen LogP contribution in [0.3, 0.4) is 0 Å². The number of hydrogen-bond donors (Lipinski definition) is 3. The van der Waals surface area contributed by atoms with Crippen molar-refractivity contribution in [3.05, 3.63) is 29.3 Å². The highest BCUT2D eigenvalue weighted by Gasteiger charge is 2.34. The molecule has 1 aromatic rings. The number of fused-ring (bicyclic) bond motifs is 1. The first-order valence-electron chi connectivity index (χ1n) is 8.39. The molecule has 1 aromatic carbocycles. The molecule has 5 nitrogen and oxygen atoms in total. The van der Waals surface area contributed by atoms with E-state index in [1.165, 1.54) is 0 Å². The van der Waals surface area contributed by atoms with Crippen molar-refractivity contribution in [2.24, 2.45) is 11.1 Å². The Morgan fingerprint density at radius 3 is 2.58 bits per heavy atom. The third-order valence-electron chi connectivity index (χ3n) is 5.10. The summed E-state index contributed by atoms with van der Waals surface area (Å²) in [4.78, 5) is 24.0. The summed E-state index contributed by atoms with van der Waals surface area (Å²) in [6, 6.07) is 5.86. The van der Waals surface area contributed by atoms with Gasteiger partial charge in [0.1, 0.15) is 0 Å². The van der Waals surface area contributed by atoms with Crippen molar-refractivity contribution in [2.45, 2.75) is 52.5 Å². The maximum Gasteiger partial charge on any atom is 0.227 e. The lowest BCUT2D eigenvalue weighted by Crippen LogP contribution is -2.46. The Labute approximate surface area is 150 Å². The Morgan fingerprint density at radius 1 is 1.33 bits per heavy atom. The highest BCUT2D eigenvalue weighted by Crippen LogP contribution is 2.29. The van der Waals surface area contributed by atoms with E-state index in [2.05, 4.69) is 16.7 Å². The van der Waals surface area contributed by atoms with Crippen LogP contribution >= 0.6 is 12.4 Å². The van der Waals surface area contributed by atoms with Gasteiger partial charge in [-0.25, -0.2) is 0 Å². The van der Waals surface area contributed by atoms with Crippen molar-refractivity contribution in [1.29, 1.82) is 0 Å². The van der Waals surface area contributed by atoms with E-state index in [-0.39, 0.29) is 30.3 Å². The summed E-state index contributed by atoms with van der Waals surface area (Å²) >= 11 is 0. The fraction of sp³-hybridized carbons (Fsp3) is 0.556. The van der Waals surface area contributed by atoms with E-state index < -0.39 is 5.41 Å². The van der Waals surface area contributed by atoms with E-state index in [1.807, 2.05) is 32.9 Å². The molecule has 1 atom stereocenters. The van der Waals surface area contributed by atoms with Crippen molar-refractivity contribution in [2.75, 3.05) is 11.9 Å². The Balaban J connectivity index is 0.00000288. The molecule has 1 heterocycles. The predicted octanol–water partition coefficient (Wildman–Crippen LogP) is 2.94. The molecule has 1 unspecified atom stereocenters. The second-order valence-electron chi connectivity index (χ2n) is 6.35. The summed E-state index contributed by atoms with van der Waals surface area (Å²) in [5, 5.41) is 5.97. The van der Waals surface area contributed by atoms with Gasteiger partial charge in [-0.1, -0.05) is 26.0 Å². The van der Waals surface area contributed by atoms with Gasteiger partial charge in [0.2, 0.25) is 11.8 Å². The van der Waals surface area contributed by atoms with Crippen LogP contribution in [0.1, 0.15) is 57.2 Å². The fourth-order valence-electron chi connectivity index (χ4n) is 3.06. The van der Waals surface area contributed by atoms with Crippen LogP contribution in [-0.2, 0) is 16.0 Å². The van der Waals surface area contributed by atoms with E-state index in [1.54, 1.807) is 0 Å². The lowest BCUT2D eigenvalue weighted by molar-refractivity contribution is -0.131. The number of amides is 2. The minimum atomic E-state index is -0.490. The lowest BCUT2D eigenvalue weighted by atomic mass is 9.81. The van der Waals surface area contributed by atoms with Crippen LogP contribution in [-0.4, -0.2) is 18.4 Å². The number of carbonyl (C=O) groups excluding carboxylic acids is 2. The second kappa shape index (κ2) is 8.49. The van der Waals surface area contributed by atoms with Crippen LogP contribution < -0.4 is 16.4 Å². The molecule has 2 amide bonds. The van der Waals surface area contributed by atoms with E-state index in [0.29, 0.717) is 13.0 Å². The maximum atomic E-state index is 12.6. The van der Waals surface area contributed by atoms with Gasteiger partial charge in [-0.05, 0) is 43.4 Å². The number of nitrogens with one attached hydrogen (secondary N) is 2. The molecule has 0 bridgehead atoms. The number of rotatable bonds is 6. The third kappa shape index (κ3) is 4.08. The van der Waals surface area contributed by atoms with Crippen LogP contribution in [0.25, 0.3) is 0 Å². The molecule has 0 saturated heterocycles. The third-order valence-corrected chi connectivity index (χ3v) is 5.10. The monoisotopic (exact) mass is 353 g/mol. The molecule has 134 valence electrons. The van der Waals surface area contributed by atoms with Crippen molar-refractivity contribution in [3.8, 4) is 0 Å². The average molecular weight is 354 g/mol. The molecule has 2 rings (SSSR count). The molecule has 0 aliphatic carbocycles. The van der Waals surface area contributed by atoms with Gasteiger partial charge in [-0.3, -0.25) is 9.59 Å². The summed E-state index contributed by atoms with van der Waals surface area (Å²) in [5.74, 6) is 0.0775. The summed E-state index contributed by atoms with van der Waals surface area (Å²) in [6.45, 7) is 6.34. The number of aryl methyl sites for hydroxylation is 1. The van der Waals surface area contributed by atoms with Crippen LogP contribution in [0.15, 0.2) is 18.2 Å². The van der Waals surface area contributed by atoms with Crippen molar-refractivity contribution >= 4 is 29.9 Å². The van der Waals surface area contributed by atoms with E-state index in [9.17, 15) is 9.59 Å². The molecule has 0 radical (unpaired) electrons. The number of benzene rings is 1. The molecule has 1 aliphatic rings. The predicted molar refractivity (Wildman–Crippen MR) is 99.3 cm³/mol. The summed E-state index contributed by atoms with van der Waals surface area (Å²) < 4.78 is 0. The van der Waals surface area contributed by atoms with E-state index >= 15 is 0 Å². The number of anilines is 1. The molecule has 0 saturated carbocycles. The molecule has 1 aliphatic heterocycles. The summed E-state index contributed by atoms with van der Waals surface area (Å²) in [7, 11) is 0. The zero-order chi connectivity index (χ0) is 17.0. The fourth-order valence-corrected chi connectivity index (χ4v) is 3.06. The first-order valence-corrected chi connectivity index (χ1v) is 8.39. The van der Waals surface area contributed by atoms with Crippen molar-refractivity contribution in [3.63, 3.8) is 0 Å². The Bertz CT molecular complexity index is 592. The van der Waals surface area contributed by atoms with Gasteiger partial charge in [0.25, 0.3) is 0 Å². The van der Waals surface area contributed by atoms with Gasteiger partial charge in [-0.2, -0.15) is 0 Å². The minimum Gasteiger partial charge on any atom is -0.349 e. The summed E-state index contributed by atoms with van der Waals surface area (Å²) in [5.41, 5.74) is 8.41. The van der Waals surface area contributed by atoms with Gasteiger partial charge < -0.3 is 16.4 Å². The zero-order valence-electron chi connectivity index (χ0n) is 14.6. The minimum absolute atomic E-state index is 0. The van der Waals surface area contributed by atoms with Crippen molar-refractivity contribution in [1.82, 2.24) is 5.32 Å². The van der Waals surface area contributed by atoms with Gasteiger partial charge in [0, 0.05) is 18.7 Å². The average Bonchev–Trinajstić information content (AvgIpc) is 2.56. The van der Waals surface area contributed by atoms with Crippen molar-refractivity contribution < 1.29 is 9.59 Å². The topological polar surface area (TPSA) is 84.2 Å². The highest BCUT2D eigenvalue weighted by molar-refractivity contribution is 5.94. The number of nitrogens with two attached hydrogens (primary N) is 1. The zero-order valence-corrected chi connectivity index (χ0v) is 15.5. The lowest BCUT2D eigenvalue weighted by Gasteiger charge is -2.30. The molecule has 24 heavy (non-hydrogen) atoms. The first-order chi connectivity index (χ1) is 11.0. The van der Waals surface area contributed by atoms with Crippen LogP contribution in [0.5, 0.6) is 0 Å². The molecular formula is C18H28ClN3O2. The largest absolute Gasteiger partial charge is 0.349 e. The number of carbonyl (C=O) groups is 2. The molecular weight excluding hydrogens is 326 g/mol. The molecule has 4 N–H and O–H groups in total. The number of halogens is 1. The van der Waals surface area contributed by atoms with Crippen LogP contribution in [0.4, 0.5) is 5.69 Å². The first kappa shape index (κ1) is 20.5.